The zero-order valence-electron chi connectivity index (χ0n) is 16.7. The number of ether oxygens (including phenoxy) is 1. The summed E-state index contributed by atoms with van der Waals surface area (Å²) in [6, 6.07) is 6.38. The van der Waals surface area contributed by atoms with Crippen LogP contribution in [-0.4, -0.2) is 18.2 Å². The van der Waals surface area contributed by atoms with Crippen LogP contribution in [0.25, 0.3) is 0 Å². The number of nitrogen functional groups attached to an aromatic ring is 1. The molecule has 4 N–H and O–H groups in total. The number of halogens is 6. The molecular formula is C21H21F6N3O2. The fraction of sp³-hybridized carbons (Fsp3) is 0.381. The van der Waals surface area contributed by atoms with Crippen molar-refractivity contribution in [1.82, 2.24) is 5.32 Å². The van der Waals surface area contributed by atoms with E-state index in [-0.39, 0.29) is 29.3 Å². The van der Waals surface area contributed by atoms with E-state index in [4.69, 9.17) is 10.5 Å². The Morgan fingerprint density at radius 1 is 0.906 bits per heavy atom. The van der Waals surface area contributed by atoms with E-state index in [0.717, 1.165) is 24.3 Å². The molecule has 0 aromatic heterocycles. The molecule has 2 amide bonds. The summed E-state index contributed by atoms with van der Waals surface area (Å²) >= 11 is 0. The summed E-state index contributed by atoms with van der Waals surface area (Å²) in [5.41, 5.74) is 3.86. The van der Waals surface area contributed by atoms with Gasteiger partial charge in [-0.1, -0.05) is 6.07 Å². The molecule has 0 atom stereocenters. The van der Waals surface area contributed by atoms with Gasteiger partial charge in [0.25, 0.3) is 0 Å². The molecule has 0 bridgehead atoms. The highest BCUT2D eigenvalue weighted by molar-refractivity contribution is 5.89. The number of carbonyl (C=O) groups is 1. The van der Waals surface area contributed by atoms with Crippen LogP contribution in [0.4, 0.5) is 42.5 Å². The minimum absolute atomic E-state index is 0.0205. The Labute approximate surface area is 179 Å². The molecule has 0 heterocycles. The van der Waals surface area contributed by atoms with Crippen LogP contribution in [0.3, 0.4) is 0 Å². The SMILES string of the molecule is Nc1cc(C(F)(F)F)ccc1OC1CCC(NC(=O)Nc2cccc(C(F)(F)F)c2)CC1. The van der Waals surface area contributed by atoms with Gasteiger partial charge >= 0.3 is 18.4 Å². The first-order chi connectivity index (χ1) is 14.9. The molecular weight excluding hydrogens is 440 g/mol. The predicted octanol–water partition coefficient (Wildman–Crippen LogP) is 5.82. The van der Waals surface area contributed by atoms with E-state index in [9.17, 15) is 31.1 Å². The van der Waals surface area contributed by atoms with Crippen LogP contribution in [0.5, 0.6) is 5.75 Å². The molecule has 0 spiro atoms. The third-order valence-electron chi connectivity index (χ3n) is 5.09. The molecule has 1 saturated carbocycles. The summed E-state index contributed by atoms with van der Waals surface area (Å²) < 4.78 is 82.2. The topological polar surface area (TPSA) is 76.4 Å². The minimum atomic E-state index is -4.51. The summed E-state index contributed by atoms with van der Waals surface area (Å²) in [6.45, 7) is 0. The number of rotatable bonds is 4. The Kier molecular flexibility index (Phi) is 6.75. The van der Waals surface area contributed by atoms with E-state index in [1.54, 1.807) is 0 Å². The van der Waals surface area contributed by atoms with Crippen molar-refractivity contribution in [2.24, 2.45) is 0 Å². The van der Waals surface area contributed by atoms with Crippen LogP contribution in [0.15, 0.2) is 42.5 Å². The average molecular weight is 461 g/mol. The Bertz CT molecular complexity index is 953. The van der Waals surface area contributed by atoms with Gasteiger partial charge in [-0.3, -0.25) is 0 Å². The number of benzene rings is 2. The van der Waals surface area contributed by atoms with Crippen LogP contribution in [0.2, 0.25) is 0 Å². The Balaban J connectivity index is 1.48. The number of hydrogen-bond acceptors (Lipinski definition) is 3. The summed E-state index contributed by atoms with van der Waals surface area (Å²) in [4.78, 5) is 12.1. The quantitative estimate of drug-likeness (QED) is 0.397. The Morgan fingerprint density at radius 3 is 2.12 bits per heavy atom. The number of hydrogen-bond donors (Lipinski definition) is 3. The molecule has 0 radical (unpaired) electrons. The van der Waals surface area contributed by atoms with Gasteiger partial charge in [-0.15, -0.1) is 0 Å². The van der Waals surface area contributed by atoms with Crippen molar-refractivity contribution < 1.29 is 35.9 Å². The molecule has 1 aliphatic carbocycles. The molecule has 1 aliphatic rings. The van der Waals surface area contributed by atoms with Crippen LogP contribution >= 0.6 is 0 Å². The predicted molar refractivity (Wildman–Crippen MR) is 106 cm³/mol. The zero-order valence-corrected chi connectivity index (χ0v) is 16.7. The van der Waals surface area contributed by atoms with Crippen LogP contribution < -0.4 is 21.1 Å². The Hall–Kier alpha value is -3.11. The lowest BCUT2D eigenvalue weighted by Gasteiger charge is -2.30. The molecule has 2 aromatic rings. The maximum Gasteiger partial charge on any atom is 0.416 e. The smallest absolute Gasteiger partial charge is 0.416 e. The maximum atomic E-state index is 12.8. The van der Waals surface area contributed by atoms with Gasteiger partial charge in [0.2, 0.25) is 0 Å². The number of nitrogens with two attached hydrogens (primary N) is 1. The van der Waals surface area contributed by atoms with Crippen LogP contribution in [0, 0.1) is 0 Å². The van der Waals surface area contributed by atoms with Crippen molar-refractivity contribution in [3.63, 3.8) is 0 Å². The second-order valence-electron chi connectivity index (χ2n) is 7.52. The lowest BCUT2D eigenvalue weighted by molar-refractivity contribution is -0.138. The highest BCUT2D eigenvalue weighted by Gasteiger charge is 2.32. The first-order valence-electron chi connectivity index (χ1n) is 9.80. The van der Waals surface area contributed by atoms with Crippen molar-refractivity contribution in [2.75, 3.05) is 11.1 Å². The molecule has 0 aliphatic heterocycles. The third kappa shape index (κ3) is 6.21. The van der Waals surface area contributed by atoms with Crippen LogP contribution in [0.1, 0.15) is 36.8 Å². The lowest BCUT2D eigenvalue weighted by Crippen LogP contribution is -2.41. The lowest BCUT2D eigenvalue weighted by atomic mass is 9.93. The molecule has 32 heavy (non-hydrogen) atoms. The molecule has 11 heteroatoms. The molecule has 0 saturated heterocycles. The zero-order chi connectivity index (χ0) is 23.5. The average Bonchev–Trinajstić information content (AvgIpc) is 2.69. The molecule has 0 unspecified atom stereocenters. The number of anilines is 2. The number of amides is 2. The third-order valence-corrected chi connectivity index (χ3v) is 5.09. The maximum absolute atomic E-state index is 12.8. The van der Waals surface area contributed by atoms with E-state index in [2.05, 4.69) is 10.6 Å². The first-order valence-corrected chi connectivity index (χ1v) is 9.80. The fourth-order valence-electron chi connectivity index (χ4n) is 3.46. The van der Waals surface area contributed by atoms with Crippen molar-refractivity contribution >= 4 is 17.4 Å². The van der Waals surface area contributed by atoms with Gasteiger partial charge in [-0.05, 0) is 62.1 Å². The van der Waals surface area contributed by atoms with Gasteiger partial charge in [-0.2, -0.15) is 26.3 Å². The summed E-state index contributed by atoms with van der Waals surface area (Å²) in [5, 5.41) is 5.10. The molecule has 174 valence electrons. The number of nitrogens with one attached hydrogen (secondary N) is 2. The number of carbonyl (C=O) groups excluding carboxylic acids is 1. The molecule has 1 fully saturated rings. The van der Waals surface area contributed by atoms with Crippen LogP contribution in [-0.2, 0) is 12.4 Å². The first kappa shape index (κ1) is 23.6. The number of urea groups is 1. The van der Waals surface area contributed by atoms with E-state index in [1.807, 2.05) is 0 Å². The number of alkyl halides is 6. The van der Waals surface area contributed by atoms with Gasteiger partial charge in [0.1, 0.15) is 5.75 Å². The van der Waals surface area contributed by atoms with E-state index in [0.29, 0.717) is 25.7 Å². The molecule has 5 nitrogen and oxygen atoms in total. The van der Waals surface area contributed by atoms with E-state index in [1.165, 1.54) is 18.2 Å². The van der Waals surface area contributed by atoms with Gasteiger partial charge in [-0.25, -0.2) is 4.79 Å². The monoisotopic (exact) mass is 461 g/mol. The van der Waals surface area contributed by atoms with Crippen molar-refractivity contribution in [3.05, 3.63) is 53.6 Å². The second kappa shape index (κ2) is 9.17. The van der Waals surface area contributed by atoms with Crippen molar-refractivity contribution in [1.29, 1.82) is 0 Å². The summed E-state index contributed by atoms with van der Waals surface area (Å²) in [7, 11) is 0. The van der Waals surface area contributed by atoms with Gasteiger partial charge in [0.05, 0.1) is 22.9 Å². The molecule has 2 aromatic carbocycles. The van der Waals surface area contributed by atoms with Gasteiger partial charge in [0.15, 0.2) is 0 Å². The largest absolute Gasteiger partial charge is 0.488 e. The molecule has 3 rings (SSSR count). The van der Waals surface area contributed by atoms with Gasteiger partial charge < -0.3 is 21.1 Å². The van der Waals surface area contributed by atoms with E-state index < -0.39 is 29.5 Å². The van der Waals surface area contributed by atoms with E-state index >= 15 is 0 Å². The minimum Gasteiger partial charge on any atom is -0.488 e. The second-order valence-corrected chi connectivity index (χ2v) is 7.52. The van der Waals surface area contributed by atoms with Gasteiger partial charge in [0, 0.05) is 11.7 Å². The standard InChI is InChI=1S/C21H21F6N3O2/c22-20(23,24)12-2-1-3-15(10-12)30-19(31)29-14-5-7-16(8-6-14)32-18-9-4-13(11-17(18)28)21(25,26)27/h1-4,9-11,14,16H,5-8,28H2,(H2,29,30,31). The fourth-order valence-corrected chi connectivity index (χ4v) is 3.46. The summed E-state index contributed by atoms with van der Waals surface area (Å²) in [5.74, 6) is 0.164. The Morgan fingerprint density at radius 2 is 1.53 bits per heavy atom. The summed E-state index contributed by atoms with van der Waals surface area (Å²) in [6.07, 6.45) is -7.18. The normalized spacial score (nSPS) is 19.3. The highest BCUT2D eigenvalue weighted by Crippen LogP contribution is 2.35. The van der Waals surface area contributed by atoms with Crippen molar-refractivity contribution in [2.45, 2.75) is 50.2 Å². The highest BCUT2D eigenvalue weighted by atomic mass is 19.4. The van der Waals surface area contributed by atoms with Crippen molar-refractivity contribution in [3.8, 4) is 5.75 Å².